The summed E-state index contributed by atoms with van der Waals surface area (Å²) in [5, 5.41) is 4.80. The molecule has 5 rings (SSSR count). The van der Waals surface area contributed by atoms with Crippen LogP contribution in [0.3, 0.4) is 0 Å². The van der Waals surface area contributed by atoms with Gasteiger partial charge in [-0.25, -0.2) is 9.50 Å². The second-order valence-corrected chi connectivity index (χ2v) is 8.67. The highest BCUT2D eigenvalue weighted by molar-refractivity contribution is 5.96. The average molecular weight is 421 g/mol. The summed E-state index contributed by atoms with van der Waals surface area (Å²) >= 11 is 0. The number of fused-ring (bicyclic) bond motifs is 1. The third kappa shape index (κ3) is 3.42. The van der Waals surface area contributed by atoms with Crippen molar-refractivity contribution in [2.75, 3.05) is 26.3 Å². The molecule has 0 bridgehead atoms. The molecule has 7 nitrogen and oxygen atoms in total. The molecule has 2 fully saturated rings. The highest BCUT2D eigenvalue weighted by Crippen LogP contribution is 2.34. The molecule has 0 aliphatic carbocycles. The maximum Gasteiger partial charge on any atom is 0.257 e. The Hall–Kier alpha value is -2.77. The van der Waals surface area contributed by atoms with Crippen molar-refractivity contribution in [2.45, 2.75) is 45.3 Å². The number of aromatic nitrogens is 3. The van der Waals surface area contributed by atoms with E-state index >= 15 is 0 Å². The van der Waals surface area contributed by atoms with Crippen molar-refractivity contribution in [1.29, 1.82) is 0 Å². The third-order valence-corrected chi connectivity index (χ3v) is 6.32. The van der Waals surface area contributed by atoms with E-state index in [4.69, 9.17) is 19.6 Å². The van der Waals surface area contributed by atoms with Crippen molar-refractivity contribution in [3.63, 3.8) is 0 Å². The van der Waals surface area contributed by atoms with Crippen LogP contribution in [0, 0.1) is 6.92 Å². The van der Waals surface area contributed by atoms with Gasteiger partial charge in [0.15, 0.2) is 11.4 Å². The summed E-state index contributed by atoms with van der Waals surface area (Å²) in [6, 6.07) is 10.2. The minimum Gasteiger partial charge on any atom is -0.347 e. The molecular weight excluding hydrogens is 392 g/mol. The molecule has 2 aliphatic heterocycles. The monoisotopic (exact) mass is 420 g/mol. The number of piperidine rings is 1. The minimum absolute atomic E-state index is 0.000334. The van der Waals surface area contributed by atoms with Crippen molar-refractivity contribution in [3.8, 4) is 11.1 Å². The molecule has 1 amide bonds. The Morgan fingerprint density at radius 3 is 2.42 bits per heavy atom. The van der Waals surface area contributed by atoms with E-state index in [2.05, 4.69) is 26.0 Å². The Labute approximate surface area is 182 Å². The van der Waals surface area contributed by atoms with Crippen molar-refractivity contribution in [2.24, 2.45) is 0 Å². The van der Waals surface area contributed by atoms with Gasteiger partial charge in [0, 0.05) is 37.7 Å². The lowest BCUT2D eigenvalue weighted by molar-refractivity contribution is -0.181. The summed E-state index contributed by atoms with van der Waals surface area (Å²) in [6.07, 6.45) is 3.13. The van der Waals surface area contributed by atoms with Crippen LogP contribution in [0.1, 0.15) is 54.4 Å². The Bertz CT molecular complexity index is 1110. The minimum atomic E-state index is -0.496. The van der Waals surface area contributed by atoms with Crippen molar-refractivity contribution in [1.82, 2.24) is 19.5 Å². The molecule has 0 atom stereocenters. The maximum atomic E-state index is 13.5. The normalized spacial score (nSPS) is 18.4. The van der Waals surface area contributed by atoms with Gasteiger partial charge in [-0.2, -0.15) is 5.10 Å². The van der Waals surface area contributed by atoms with E-state index in [9.17, 15) is 4.79 Å². The number of ether oxygens (including phenoxy) is 2. The summed E-state index contributed by atoms with van der Waals surface area (Å²) in [7, 11) is 0. The summed E-state index contributed by atoms with van der Waals surface area (Å²) in [4.78, 5) is 20.1. The second kappa shape index (κ2) is 7.73. The summed E-state index contributed by atoms with van der Waals surface area (Å²) in [5.74, 6) is -0.380. The maximum absolute atomic E-state index is 13.5. The van der Waals surface area contributed by atoms with Crippen LogP contribution in [0.25, 0.3) is 16.8 Å². The van der Waals surface area contributed by atoms with Gasteiger partial charge in [0.2, 0.25) is 0 Å². The van der Waals surface area contributed by atoms with Crippen LogP contribution < -0.4 is 0 Å². The van der Waals surface area contributed by atoms with Crippen LogP contribution in [-0.4, -0.2) is 57.5 Å². The van der Waals surface area contributed by atoms with Gasteiger partial charge < -0.3 is 14.4 Å². The lowest BCUT2D eigenvalue weighted by Gasteiger charge is -2.37. The summed E-state index contributed by atoms with van der Waals surface area (Å²) in [6.45, 7) is 8.67. The van der Waals surface area contributed by atoms with Gasteiger partial charge in [0.1, 0.15) is 0 Å². The Kier molecular flexibility index (Phi) is 5.02. The SMILES string of the molecule is Cc1nn2c(C(C)C)c(C(=O)N3CCC4(CC3)OCCO4)cnc2c1-c1ccccc1. The zero-order chi connectivity index (χ0) is 21.6. The molecule has 31 heavy (non-hydrogen) atoms. The van der Waals surface area contributed by atoms with Crippen molar-refractivity contribution >= 4 is 11.6 Å². The molecule has 7 heteroatoms. The molecule has 1 spiro atoms. The van der Waals surface area contributed by atoms with E-state index in [1.807, 2.05) is 34.5 Å². The van der Waals surface area contributed by atoms with Crippen LogP contribution in [-0.2, 0) is 9.47 Å². The van der Waals surface area contributed by atoms with E-state index in [0.29, 0.717) is 44.7 Å². The molecule has 4 heterocycles. The first-order valence-corrected chi connectivity index (χ1v) is 11.0. The molecule has 0 saturated carbocycles. The van der Waals surface area contributed by atoms with Gasteiger partial charge >= 0.3 is 0 Å². The molecule has 162 valence electrons. The van der Waals surface area contributed by atoms with E-state index < -0.39 is 5.79 Å². The average Bonchev–Trinajstić information content (AvgIpc) is 3.37. The molecule has 2 saturated heterocycles. The van der Waals surface area contributed by atoms with Gasteiger partial charge in [-0.05, 0) is 18.4 Å². The first-order chi connectivity index (χ1) is 15.0. The van der Waals surface area contributed by atoms with Gasteiger partial charge in [-0.15, -0.1) is 0 Å². The first-order valence-electron chi connectivity index (χ1n) is 11.0. The topological polar surface area (TPSA) is 69.0 Å². The Morgan fingerprint density at radius 2 is 1.77 bits per heavy atom. The first kappa shape index (κ1) is 20.2. The predicted octanol–water partition coefficient (Wildman–Crippen LogP) is 3.81. The fourth-order valence-electron chi connectivity index (χ4n) is 4.78. The standard InChI is InChI=1S/C24H28N4O3/c1-16(2)21-19(23(29)27-11-9-24(10-12-27)30-13-14-31-24)15-25-22-20(17(3)26-28(21)22)18-7-5-4-6-8-18/h4-8,15-16H,9-14H2,1-3H3. The van der Waals surface area contributed by atoms with E-state index in [-0.39, 0.29) is 11.8 Å². The smallest absolute Gasteiger partial charge is 0.257 e. The van der Waals surface area contributed by atoms with Crippen LogP contribution in [0.15, 0.2) is 36.5 Å². The molecule has 0 N–H and O–H groups in total. The summed E-state index contributed by atoms with van der Waals surface area (Å²) in [5.41, 5.74) is 5.30. The number of likely N-dealkylation sites (tertiary alicyclic amines) is 1. The Morgan fingerprint density at radius 1 is 1.10 bits per heavy atom. The zero-order valence-electron chi connectivity index (χ0n) is 18.3. The largest absolute Gasteiger partial charge is 0.347 e. The van der Waals surface area contributed by atoms with Crippen LogP contribution in [0.4, 0.5) is 0 Å². The number of benzene rings is 1. The number of carbonyl (C=O) groups excluding carboxylic acids is 1. The lowest BCUT2D eigenvalue weighted by atomic mass is 10.00. The number of hydrogen-bond acceptors (Lipinski definition) is 5. The Balaban J connectivity index is 1.52. The number of rotatable bonds is 3. The van der Waals surface area contributed by atoms with Gasteiger partial charge in [-0.1, -0.05) is 44.2 Å². The van der Waals surface area contributed by atoms with Crippen LogP contribution in [0.2, 0.25) is 0 Å². The molecule has 0 unspecified atom stereocenters. The van der Waals surface area contributed by atoms with E-state index in [1.54, 1.807) is 6.20 Å². The molecule has 2 aliphatic rings. The third-order valence-electron chi connectivity index (χ3n) is 6.32. The predicted molar refractivity (Wildman–Crippen MR) is 117 cm³/mol. The van der Waals surface area contributed by atoms with E-state index in [0.717, 1.165) is 28.2 Å². The number of carbonyl (C=O) groups is 1. The van der Waals surface area contributed by atoms with Crippen LogP contribution >= 0.6 is 0 Å². The van der Waals surface area contributed by atoms with Gasteiger partial charge in [-0.3, -0.25) is 4.79 Å². The molecule has 3 aromatic rings. The van der Waals surface area contributed by atoms with Crippen LogP contribution in [0.5, 0.6) is 0 Å². The number of aryl methyl sites for hydroxylation is 1. The van der Waals surface area contributed by atoms with Gasteiger partial charge in [0.25, 0.3) is 5.91 Å². The lowest BCUT2D eigenvalue weighted by Crippen LogP contribution is -2.47. The number of nitrogens with zero attached hydrogens (tertiary/aromatic N) is 4. The zero-order valence-corrected chi connectivity index (χ0v) is 18.3. The van der Waals surface area contributed by atoms with E-state index in [1.165, 1.54) is 0 Å². The fourth-order valence-corrected chi connectivity index (χ4v) is 4.78. The fraction of sp³-hybridized carbons (Fsp3) is 0.458. The molecule has 1 aromatic carbocycles. The second-order valence-electron chi connectivity index (χ2n) is 8.67. The number of amides is 1. The van der Waals surface area contributed by atoms with Gasteiger partial charge in [0.05, 0.1) is 30.2 Å². The highest BCUT2D eigenvalue weighted by atomic mass is 16.7. The quantitative estimate of drug-likeness (QED) is 0.645. The number of hydrogen-bond donors (Lipinski definition) is 0. The molecular formula is C24H28N4O3. The molecule has 0 radical (unpaired) electrons. The highest BCUT2D eigenvalue weighted by Gasteiger charge is 2.41. The molecule has 2 aromatic heterocycles. The van der Waals surface area contributed by atoms with Crippen molar-refractivity contribution < 1.29 is 14.3 Å². The summed E-state index contributed by atoms with van der Waals surface area (Å²) < 4.78 is 13.5. The van der Waals surface area contributed by atoms with Crippen molar-refractivity contribution in [3.05, 3.63) is 53.5 Å².